The molecule has 0 atom stereocenters. The van der Waals surface area contributed by atoms with E-state index in [0.29, 0.717) is 6.04 Å². The number of aryl methyl sites for hydroxylation is 1. The summed E-state index contributed by atoms with van der Waals surface area (Å²) in [7, 11) is 2.15. The van der Waals surface area contributed by atoms with Gasteiger partial charge < -0.3 is 10.2 Å². The Kier molecular flexibility index (Phi) is 5.39. The van der Waals surface area contributed by atoms with Crippen molar-refractivity contribution in [3.63, 3.8) is 0 Å². The molecule has 0 aromatic carbocycles. The Hall–Kier alpha value is -1.36. The number of rotatable bonds is 7. The van der Waals surface area contributed by atoms with E-state index in [1.54, 1.807) is 11.3 Å². The Morgan fingerprint density at radius 2 is 1.90 bits per heavy atom. The molecule has 0 spiro atoms. The molecule has 2 rings (SSSR count). The van der Waals surface area contributed by atoms with E-state index < -0.39 is 0 Å². The maximum atomic E-state index is 4.77. The average molecular weight is 306 g/mol. The van der Waals surface area contributed by atoms with E-state index in [1.807, 2.05) is 0 Å². The fraction of sp³-hybridized carbons (Fsp3) is 0.625. The van der Waals surface area contributed by atoms with Gasteiger partial charge in [0.2, 0.25) is 5.95 Å². The van der Waals surface area contributed by atoms with Crippen molar-refractivity contribution in [1.29, 1.82) is 0 Å². The van der Waals surface area contributed by atoms with Crippen LogP contribution in [0.25, 0.3) is 10.2 Å². The van der Waals surface area contributed by atoms with Crippen molar-refractivity contribution in [2.24, 2.45) is 0 Å². The number of aromatic nitrogens is 2. The van der Waals surface area contributed by atoms with E-state index in [4.69, 9.17) is 4.98 Å². The van der Waals surface area contributed by atoms with Gasteiger partial charge in [0.05, 0.1) is 5.39 Å². The van der Waals surface area contributed by atoms with Gasteiger partial charge in [-0.05, 0) is 32.3 Å². The van der Waals surface area contributed by atoms with Gasteiger partial charge in [-0.2, -0.15) is 4.98 Å². The number of anilines is 2. The van der Waals surface area contributed by atoms with E-state index in [-0.39, 0.29) is 0 Å². The fourth-order valence-electron chi connectivity index (χ4n) is 2.65. The molecular weight excluding hydrogens is 280 g/mol. The molecule has 0 bridgehead atoms. The molecule has 2 heterocycles. The minimum Gasteiger partial charge on any atom is -0.356 e. The Labute approximate surface area is 131 Å². The number of hydrogen-bond donors (Lipinski definition) is 1. The predicted molar refractivity (Wildman–Crippen MR) is 93.7 cm³/mol. The summed E-state index contributed by atoms with van der Waals surface area (Å²) in [5.41, 5.74) is 0. The van der Waals surface area contributed by atoms with Crippen LogP contribution in [0.5, 0.6) is 0 Å². The number of fused-ring (bicyclic) bond motifs is 1. The first-order valence-corrected chi connectivity index (χ1v) is 8.73. The van der Waals surface area contributed by atoms with Crippen LogP contribution in [0.3, 0.4) is 0 Å². The summed E-state index contributed by atoms with van der Waals surface area (Å²) < 4.78 is 0. The van der Waals surface area contributed by atoms with Crippen LogP contribution in [0, 0.1) is 0 Å². The SMILES string of the molecule is CCNc1nc(N(C)C(CC)CC)c2cc(CC)sc2n1. The van der Waals surface area contributed by atoms with Crippen molar-refractivity contribution < 1.29 is 0 Å². The molecule has 21 heavy (non-hydrogen) atoms. The van der Waals surface area contributed by atoms with Crippen molar-refractivity contribution in [2.45, 2.75) is 53.0 Å². The van der Waals surface area contributed by atoms with Crippen LogP contribution < -0.4 is 10.2 Å². The summed E-state index contributed by atoms with van der Waals surface area (Å²) in [5.74, 6) is 1.79. The zero-order chi connectivity index (χ0) is 15.4. The van der Waals surface area contributed by atoms with E-state index in [2.05, 4.69) is 56.0 Å². The summed E-state index contributed by atoms with van der Waals surface area (Å²) in [6.07, 6.45) is 3.30. The normalized spacial score (nSPS) is 11.3. The third kappa shape index (κ3) is 3.28. The Morgan fingerprint density at radius 3 is 2.48 bits per heavy atom. The average Bonchev–Trinajstić information content (AvgIpc) is 2.91. The molecule has 0 aliphatic heterocycles. The van der Waals surface area contributed by atoms with Crippen LogP contribution >= 0.6 is 11.3 Å². The molecule has 0 radical (unpaired) electrons. The van der Waals surface area contributed by atoms with Crippen LogP contribution in [0.1, 0.15) is 45.4 Å². The molecule has 5 heteroatoms. The first-order chi connectivity index (χ1) is 10.1. The summed E-state index contributed by atoms with van der Waals surface area (Å²) in [6.45, 7) is 9.57. The van der Waals surface area contributed by atoms with Gasteiger partial charge in [-0.15, -0.1) is 11.3 Å². The lowest BCUT2D eigenvalue weighted by molar-refractivity contribution is 0.588. The quantitative estimate of drug-likeness (QED) is 0.827. The van der Waals surface area contributed by atoms with Crippen LogP contribution in [0.4, 0.5) is 11.8 Å². The van der Waals surface area contributed by atoms with Crippen molar-refractivity contribution in [3.05, 3.63) is 10.9 Å². The molecule has 2 aromatic rings. The van der Waals surface area contributed by atoms with E-state index in [0.717, 1.165) is 42.4 Å². The molecular formula is C16H26N4S. The first-order valence-electron chi connectivity index (χ1n) is 7.91. The summed E-state index contributed by atoms with van der Waals surface area (Å²) >= 11 is 1.78. The Morgan fingerprint density at radius 1 is 1.19 bits per heavy atom. The van der Waals surface area contributed by atoms with E-state index in [9.17, 15) is 0 Å². The molecule has 2 aromatic heterocycles. The Balaban J connectivity index is 2.54. The van der Waals surface area contributed by atoms with Gasteiger partial charge >= 0.3 is 0 Å². The number of hydrogen-bond acceptors (Lipinski definition) is 5. The molecule has 4 nitrogen and oxygen atoms in total. The maximum absolute atomic E-state index is 4.77. The smallest absolute Gasteiger partial charge is 0.226 e. The highest BCUT2D eigenvalue weighted by atomic mass is 32.1. The first kappa shape index (κ1) is 16.0. The summed E-state index contributed by atoms with van der Waals surface area (Å²) in [6, 6.07) is 2.77. The van der Waals surface area contributed by atoms with Crippen LogP contribution in [0.2, 0.25) is 0 Å². The third-order valence-corrected chi connectivity index (χ3v) is 5.10. The fourth-order valence-corrected chi connectivity index (χ4v) is 3.61. The lowest BCUT2D eigenvalue weighted by Crippen LogP contribution is -2.31. The van der Waals surface area contributed by atoms with Crippen molar-refractivity contribution in [3.8, 4) is 0 Å². The molecule has 1 N–H and O–H groups in total. The van der Waals surface area contributed by atoms with Gasteiger partial charge in [-0.25, -0.2) is 4.98 Å². The molecule has 0 saturated heterocycles. The zero-order valence-corrected chi connectivity index (χ0v) is 14.5. The second-order valence-electron chi connectivity index (χ2n) is 5.27. The second-order valence-corrected chi connectivity index (χ2v) is 6.38. The van der Waals surface area contributed by atoms with Crippen molar-refractivity contribution >= 4 is 33.3 Å². The zero-order valence-electron chi connectivity index (χ0n) is 13.7. The van der Waals surface area contributed by atoms with Gasteiger partial charge in [0.25, 0.3) is 0 Å². The predicted octanol–water partition coefficient (Wildman–Crippen LogP) is 4.31. The van der Waals surface area contributed by atoms with Crippen LogP contribution in [-0.4, -0.2) is 29.6 Å². The molecule has 0 amide bonds. The number of nitrogens with one attached hydrogen (secondary N) is 1. The van der Waals surface area contributed by atoms with E-state index >= 15 is 0 Å². The lowest BCUT2D eigenvalue weighted by Gasteiger charge is -2.28. The van der Waals surface area contributed by atoms with Crippen LogP contribution in [0.15, 0.2) is 6.07 Å². The topological polar surface area (TPSA) is 41.1 Å². The van der Waals surface area contributed by atoms with Gasteiger partial charge in [0.1, 0.15) is 10.6 Å². The standard InChI is InChI=1S/C16H26N4S/c1-6-11(7-2)20(5)14-13-10-12(8-3)21-15(13)19-16(18-14)17-9-4/h10-11H,6-9H2,1-5H3,(H,17,18,19). The molecule has 0 aliphatic carbocycles. The largest absolute Gasteiger partial charge is 0.356 e. The van der Waals surface area contributed by atoms with Gasteiger partial charge in [-0.1, -0.05) is 20.8 Å². The highest BCUT2D eigenvalue weighted by molar-refractivity contribution is 7.18. The minimum atomic E-state index is 0.516. The molecule has 116 valence electrons. The third-order valence-electron chi connectivity index (χ3n) is 3.93. The summed E-state index contributed by atoms with van der Waals surface area (Å²) in [5, 5.41) is 4.44. The number of nitrogens with zero attached hydrogens (tertiary/aromatic N) is 3. The summed E-state index contributed by atoms with van der Waals surface area (Å²) in [4.78, 5) is 14.2. The van der Waals surface area contributed by atoms with Crippen molar-refractivity contribution in [1.82, 2.24) is 9.97 Å². The van der Waals surface area contributed by atoms with Gasteiger partial charge in [-0.3, -0.25) is 0 Å². The molecule has 0 saturated carbocycles. The second kappa shape index (κ2) is 7.07. The molecule has 0 aliphatic rings. The molecule has 0 fully saturated rings. The van der Waals surface area contributed by atoms with E-state index in [1.165, 1.54) is 10.3 Å². The minimum absolute atomic E-state index is 0.516. The maximum Gasteiger partial charge on any atom is 0.226 e. The lowest BCUT2D eigenvalue weighted by atomic mass is 10.1. The van der Waals surface area contributed by atoms with Gasteiger partial charge in [0.15, 0.2) is 0 Å². The monoisotopic (exact) mass is 306 g/mol. The highest BCUT2D eigenvalue weighted by Crippen LogP contribution is 2.33. The highest BCUT2D eigenvalue weighted by Gasteiger charge is 2.18. The van der Waals surface area contributed by atoms with Gasteiger partial charge in [0, 0.05) is 24.5 Å². The Bertz CT molecular complexity index is 589. The van der Waals surface area contributed by atoms with Crippen molar-refractivity contribution in [2.75, 3.05) is 23.8 Å². The molecule has 0 unspecified atom stereocenters. The van der Waals surface area contributed by atoms with Crippen LogP contribution in [-0.2, 0) is 6.42 Å². The number of thiophene rings is 1.